The van der Waals surface area contributed by atoms with E-state index in [1.165, 1.54) is 11.9 Å². The molecule has 0 heterocycles. The number of carbonyl (C=O) groups is 2. The molecule has 1 amide bonds. The number of methoxy groups -OCH3 is 4. The molecule has 0 radical (unpaired) electrons. The second-order valence-corrected chi connectivity index (χ2v) is 10.4. The molecule has 9 nitrogen and oxygen atoms in total. The molecule has 3 aromatic carbocycles. The summed E-state index contributed by atoms with van der Waals surface area (Å²) in [6, 6.07) is 18.4. The summed E-state index contributed by atoms with van der Waals surface area (Å²) in [5.74, 6) is 2.42. The molecule has 0 spiro atoms. The molecule has 10 heteroatoms. The van der Waals surface area contributed by atoms with Gasteiger partial charge in [-0.15, -0.1) is 0 Å². The van der Waals surface area contributed by atoms with Gasteiger partial charge in [0.2, 0.25) is 0 Å². The summed E-state index contributed by atoms with van der Waals surface area (Å²) in [7, 11) is 6.33. The van der Waals surface area contributed by atoms with Gasteiger partial charge in [0.15, 0.2) is 35.4 Å². The van der Waals surface area contributed by atoms with Crippen molar-refractivity contribution >= 4 is 35.8 Å². The largest absolute Gasteiger partial charge is 0.493 e. The van der Waals surface area contributed by atoms with Crippen molar-refractivity contribution < 1.29 is 33.3 Å². The van der Waals surface area contributed by atoms with Crippen LogP contribution in [0.1, 0.15) is 24.0 Å². The molecule has 1 aliphatic carbocycles. The van der Waals surface area contributed by atoms with Crippen molar-refractivity contribution in [3.05, 3.63) is 82.9 Å². The maximum atomic E-state index is 13.7. The molecule has 1 fully saturated rings. The zero-order chi connectivity index (χ0) is 30.1. The van der Waals surface area contributed by atoms with Crippen LogP contribution >= 0.6 is 11.9 Å². The van der Waals surface area contributed by atoms with Crippen molar-refractivity contribution in [2.24, 2.45) is 5.73 Å². The quantitative estimate of drug-likeness (QED) is 0.220. The van der Waals surface area contributed by atoms with Gasteiger partial charge < -0.3 is 29.4 Å². The van der Waals surface area contributed by atoms with Crippen LogP contribution in [0.3, 0.4) is 0 Å². The molecule has 3 N–H and O–H groups in total. The van der Waals surface area contributed by atoms with Gasteiger partial charge in [0.05, 0.1) is 28.4 Å². The smallest absolute Gasteiger partial charge is 0.255 e. The molecule has 1 aliphatic rings. The average molecular weight is 591 g/mol. The number of ketones is 1. The number of nitrogens with two attached hydrogens (primary N) is 1. The van der Waals surface area contributed by atoms with Gasteiger partial charge in [-0.05, 0) is 96.6 Å². The van der Waals surface area contributed by atoms with Crippen LogP contribution in [0, 0.1) is 0 Å². The molecule has 0 aliphatic heterocycles. The minimum atomic E-state index is -0.532. The molecule has 0 bridgehead atoms. The van der Waals surface area contributed by atoms with Crippen molar-refractivity contribution in [2.45, 2.75) is 23.8 Å². The van der Waals surface area contributed by atoms with E-state index in [1.54, 1.807) is 40.6 Å². The Kier molecular flexibility index (Phi) is 10.5. The maximum absolute atomic E-state index is 13.7. The van der Waals surface area contributed by atoms with Crippen LogP contribution in [-0.4, -0.2) is 52.8 Å². The van der Waals surface area contributed by atoms with Gasteiger partial charge in [-0.2, -0.15) is 0 Å². The Morgan fingerprint density at radius 1 is 0.810 bits per heavy atom. The summed E-state index contributed by atoms with van der Waals surface area (Å²) in [5.41, 5.74) is 8.17. The van der Waals surface area contributed by atoms with Gasteiger partial charge in [0.25, 0.3) is 5.91 Å². The number of Topliss-reactive ketones (excluding diaryl/α,β-unsaturated/α-hetero) is 1. The number of hydrogen-bond donors (Lipinski definition) is 2. The highest BCUT2D eigenvalue weighted by Gasteiger charge is 2.28. The van der Waals surface area contributed by atoms with E-state index < -0.39 is 5.91 Å². The average Bonchev–Trinajstić information content (AvgIpc) is 3.01. The van der Waals surface area contributed by atoms with Crippen molar-refractivity contribution in [3.63, 3.8) is 0 Å². The number of hydrogen-bond acceptors (Lipinski definition) is 9. The van der Waals surface area contributed by atoms with Gasteiger partial charge in [0.1, 0.15) is 5.75 Å². The zero-order valence-electron chi connectivity index (χ0n) is 24.0. The Balaban J connectivity index is 1.60. The standard InChI is InChI=1S/C32H34N2O7S/c1-37-27-11-5-20(15-29(27)39-3)13-22-17-24(34-42-26-9-7-25(8-10-26)41-19-31(33)35)18-23(32(22)36)14-21-6-12-28(38-2)30(16-21)40-4/h5-16,24,34H,17-19H2,1-4H3,(H2,33,35)/b22-13+,23-14+. The van der Waals surface area contributed by atoms with Gasteiger partial charge in [0, 0.05) is 22.1 Å². The summed E-state index contributed by atoms with van der Waals surface area (Å²) in [4.78, 5) is 25.7. The van der Waals surface area contributed by atoms with Gasteiger partial charge in [-0.25, -0.2) is 0 Å². The number of primary amides is 1. The molecule has 1 saturated carbocycles. The van der Waals surface area contributed by atoms with Crippen molar-refractivity contribution in [1.82, 2.24) is 4.72 Å². The first-order valence-corrected chi connectivity index (χ1v) is 14.0. The first-order chi connectivity index (χ1) is 20.3. The molecule has 0 saturated heterocycles. The van der Waals surface area contributed by atoms with Crippen molar-refractivity contribution in [1.29, 1.82) is 0 Å². The lowest BCUT2D eigenvalue weighted by Crippen LogP contribution is -2.32. The van der Waals surface area contributed by atoms with E-state index >= 15 is 0 Å². The number of amides is 1. The lowest BCUT2D eigenvalue weighted by molar-refractivity contribution is -0.120. The molecule has 0 aromatic heterocycles. The van der Waals surface area contributed by atoms with Crippen LogP contribution in [0.5, 0.6) is 28.7 Å². The van der Waals surface area contributed by atoms with Gasteiger partial charge >= 0.3 is 0 Å². The fraction of sp³-hybridized carbons (Fsp3) is 0.250. The number of rotatable bonds is 12. The van der Waals surface area contributed by atoms with Gasteiger partial charge in [-0.3, -0.25) is 14.3 Å². The third-order valence-electron chi connectivity index (χ3n) is 6.56. The summed E-state index contributed by atoms with van der Waals surface area (Å²) in [6.45, 7) is -0.175. The Hall–Kier alpha value is -4.41. The molecular weight excluding hydrogens is 556 g/mol. The van der Waals surface area contributed by atoms with Gasteiger partial charge in [-0.1, -0.05) is 12.1 Å². The van der Waals surface area contributed by atoms with E-state index in [-0.39, 0.29) is 18.4 Å². The number of carbonyl (C=O) groups excluding carboxylic acids is 2. The van der Waals surface area contributed by atoms with Crippen LogP contribution in [0.15, 0.2) is 76.7 Å². The SMILES string of the molecule is COc1ccc(/C=C2\CC(NSc3ccc(OCC(N)=O)cc3)C/C(=C\c3ccc(OC)c(OC)c3)C2=O)cc1OC. The second kappa shape index (κ2) is 14.5. The number of benzene rings is 3. The summed E-state index contributed by atoms with van der Waals surface area (Å²) >= 11 is 1.46. The Morgan fingerprint density at radius 3 is 1.76 bits per heavy atom. The minimum Gasteiger partial charge on any atom is -0.493 e. The Morgan fingerprint density at radius 2 is 1.31 bits per heavy atom. The highest BCUT2D eigenvalue weighted by molar-refractivity contribution is 7.97. The van der Waals surface area contributed by atoms with Crippen LogP contribution in [0.25, 0.3) is 12.2 Å². The predicted molar refractivity (Wildman–Crippen MR) is 163 cm³/mol. The first kappa shape index (κ1) is 30.5. The molecular formula is C32H34N2O7S. The maximum Gasteiger partial charge on any atom is 0.255 e. The minimum absolute atomic E-state index is 0.0152. The second-order valence-electron chi connectivity index (χ2n) is 9.45. The number of ether oxygens (including phenoxy) is 5. The highest BCUT2D eigenvalue weighted by atomic mass is 32.2. The van der Waals surface area contributed by atoms with Crippen LogP contribution < -0.4 is 34.1 Å². The third kappa shape index (κ3) is 7.86. The van der Waals surface area contributed by atoms with Crippen molar-refractivity contribution in [2.75, 3.05) is 35.0 Å². The zero-order valence-corrected chi connectivity index (χ0v) is 24.8. The summed E-state index contributed by atoms with van der Waals surface area (Å²) < 4.78 is 30.5. The number of nitrogens with one attached hydrogen (secondary N) is 1. The lowest BCUT2D eigenvalue weighted by Gasteiger charge is -2.26. The fourth-order valence-corrected chi connectivity index (χ4v) is 5.27. The fourth-order valence-electron chi connectivity index (χ4n) is 4.52. The lowest BCUT2D eigenvalue weighted by atomic mass is 9.84. The molecule has 0 unspecified atom stereocenters. The molecule has 3 aromatic rings. The predicted octanol–water partition coefficient (Wildman–Crippen LogP) is 5.08. The Labute approximate surface area is 249 Å². The van der Waals surface area contributed by atoms with Crippen molar-refractivity contribution in [3.8, 4) is 28.7 Å². The van der Waals surface area contributed by atoms with Crippen LogP contribution in [0.4, 0.5) is 0 Å². The van der Waals surface area contributed by atoms with E-state index in [9.17, 15) is 9.59 Å². The highest BCUT2D eigenvalue weighted by Crippen LogP contribution is 2.34. The normalized spacial score (nSPS) is 16.8. The molecule has 0 atom stereocenters. The van der Waals surface area contributed by atoms with E-state index in [1.807, 2.05) is 60.7 Å². The summed E-state index contributed by atoms with van der Waals surface area (Å²) in [5, 5.41) is 0. The molecule has 220 valence electrons. The molecule has 42 heavy (non-hydrogen) atoms. The third-order valence-corrected chi connectivity index (χ3v) is 7.52. The Bertz CT molecular complexity index is 1410. The molecule has 4 rings (SSSR count). The monoisotopic (exact) mass is 590 g/mol. The first-order valence-electron chi connectivity index (χ1n) is 13.2. The van der Waals surface area contributed by atoms with E-state index in [4.69, 9.17) is 29.4 Å². The topological polar surface area (TPSA) is 118 Å². The van der Waals surface area contributed by atoms with Crippen LogP contribution in [0.2, 0.25) is 0 Å². The van der Waals surface area contributed by atoms with E-state index in [0.717, 1.165) is 16.0 Å². The van der Waals surface area contributed by atoms with E-state index in [2.05, 4.69) is 4.72 Å². The van der Waals surface area contributed by atoms with E-state index in [0.29, 0.717) is 52.7 Å². The summed E-state index contributed by atoms with van der Waals surface area (Å²) in [6.07, 6.45) is 4.86. The van der Waals surface area contributed by atoms with Crippen LogP contribution in [-0.2, 0) is 9.59 Å².